The summed E-state index contributed by atoms with van der Waals surface area (Å²) in [6.45, 7) is 0.311. The zero-order chi connectivity index (χ0) is 26.4. The molecule has 2 nitrogen and oxygen atoms in total. The van der Waals surface area contributed by atoms with Gasteiger partial charge in [-0.2, -0.15) is 0 Å². The van der Waals surface area contributed by atoms with Crippen molar-refractivity contribution < 1.29 is 0 Å². The Balaban J connectivity index is 1.35. The molecule has 0 N–H and O–H groups in total. The first kappa shape index (κ1) is 21.1. The molecule has 0 aliphatic carbocycles. The first-order valence-corrected chi connectivity index (χ1v) is 15.2. The maximum Gasteiger partial charge on any atom is 0.250 e. The number of nitrogens with zero attached hydrogens (tertiary/aromatic N) is 2. The van der Waals surface area contributed by atoms with Gasteiger partial charge in [-0.1, -0.05) is 84.0 Å². The first-order valence-electron chi connectivity index (χ1n) is 14.4. The van der Waals surface area contributed by atoms with Crippen LogP contribution >= 0.6 is 11.8 Å². The van der Waals surface area contributed by atoms with E-state index in [0.717, 1.165) is 6.42 Å². The van der Waals surface area contributed by atoms with Crippen LogP contribution in [0.1, 0.15) is 11.1 Å². The Morgan fingerprint density at radius 2 is 1.24 bits per heavy atom. The van der Waals surface area contributed by atoms with E-state index in [1.807, 2.05) is 11.8 Å². The fourth-order valence-electron chi connectivity index (χ4n) is 8.24. The van der Waals surface area contributed by atoms with E-state index >= 15 is 0 Å². The molecule has 0 saturated heterocycles. The van der Waals surface area contributed by atoms with Crippen LogP contribution in [0.15, 0.2) is 125 Å². The van der Waals surface area contributed by atoms with Gasteiger partial charge in [0.25, 0.3) is 0 Å². The summed E-state index contributed by atoms with van der Waals surface area (Å²) in [7, 11) is 0. The highest BCUT2D eigenvalue weighted by Gasteiger charge is 2.43. The molecule has 0 saturated carbocycles. The van der Waals surface area contributed by atoms with Gasteiger partial charge in [0.1, 0.15) is 0 Å². The van der Waals surface area contributed by atoms with Gasteiger partial charge in [0.15, 0.2) is 0 Å². The topological polar surface area (TPSA) is 9.86 Å². The summed E-state index contributed by atoms with van der Waals surface area (Å²) in [6.07, 6.45) is 1.01. The van der Waals surface area contributed by atoms with Crippen molar-refractivity contribution in [3.63, 3.8) is 0 Å². The lowest BCUT2D eigenvalue weighted by Gasteiger charge is -2.38. The Bertz CT molecular complexity index is 2470. The zero-order valence-electron chi connectivity index (χ0n) is 22.1. The zero-order valence-corrected chi connectivity index (χ0v) is 22.9. The van der Waals surface area contributed by atoms with E-state index in [2.05, 4.69) is 124 Å². The predicted molar refractivity (Wildman–Crippen MR) is 173 cm³/mol. The van der Waals surface area contributed by atoms with Gasteiger partial charge >= 0.3 is 0 Å². The number of fused-ring (bicyclic) bond motifs is 7. The standard InChI is InChI=1S/C37H21BN2S/c1-2-9-23(10-3-1)39-28-12-5-4-11-24(28)26-19-31-27(20-30(26)39)25-17-16-22-18-21-8-6-14-32-34(21)38-35(22)37(25)40(31)29-13-7-15-33(41-32)36(29)38/h1-17,19-20H,18H2. The third-order valence-electron chi connectivity index (χ3n) is 9.77. The molecule has 8 aromatic rings. The van der Waals surface area contributed by atoms with Crippen LogP contribution in [0.5, 0.6) is 0 Å². The van der Waals surface area contributed by atoms with Crippen molar-refractivity contribution in [3.05, 3.63) is 126 Å². The molecule has 0 bridgehead atoms. The van der Waals surface area contributed by atoms with Crippen LogP contribution in [0.4, 0.5) is 0 Å². The van der Waals surface area contributed by atoms with Gasteiger partial charge in [-0.3, -0.25) is 0 Å². The number of aromatic nitrogens is 2. The van der Waals surface area contributed by atoms with E-state index in [0.29, 0.717) is 6.71 Å². The van der Waals surface area contributed by atoms with Crippen molar-refractivity contribution in [3.8, 4) is 11.4 Å². The lowest BCUT2D eigenvalue weighted by molar-refractivity contribution is 1.14. The average Bonchev–Trinajstić information content (AvgIpc) is 3.52. The Labute approximate surface area is 240 Å². The van der Waals surface area contributed by atoms with Crippen LogP contribution in [0.2, 0.25) is 0 Å². The van der Waals surface area contributed by atoms with Gasteiger partial charge in [-0.15, -0.1) is 0 Å². The van der Waals surface area contributed by atoms with E-state index in [1.165, 1.54) is 86.8 Å². The molecule has 0 amide bonds. The second-order valence-electron chi connectivity index (χ2n) is 11.7. The molecule has 0 radical (unpaired) electrons. The Morgan fingerprint density at radius 1 is 0.512 bits per heavy atom. The normalized spacial score (nSPS) is 14.1. The summed E-state index contributed by atoms with van der Waals surface area (Å²) < 4.78 is 5.04. The van der Waals surface area contributed by atoms with Crippen molar-refractivity contribution in [1.82, 2.24) is 9.13 Å². The fraction of sp³-hybridized carbons (Fsp3) is 0.0270. The van der Waals surface area contributed by atoms with Gasteiger partial charge < -0.3 is 9.13 Å². The molecule has 0 spiro atoms. The van der Waals surface area contributed by atoms with Crippen molar-refractivity contribution in [2.45, 2.75) is 16.2 Å². The molecular weight excluding hydrogens is 515 g/mol. The minimum absolute atomic E-state index is 0.311. The molecule has 188 valence electrons. The third kappa shape index (κ3) is 2.42. The van der Waals surface area contributed by atoms with E-state index in [-0.39, 0.29) is 0 Å². The van der Waals surface area contributed by atoms with E-state index in [4.69, 9.17) is 0 Å². The molecule has 3 aliphatic heterocycles. The minimum Gasteiger partial charge on any atom is -0.310 e. The largest absolute Gasteiger partial charge is 0.310 e. The molecule has 0 fully saturated rings. The minimum atomic E-state index is 0.311. The van der Waals surface area contributed by atoms with Gasteiger partial charge in [-0.05, 0) is 77.0 Å². The van der Waals surface area contributed by atoms with Crippen LogP contribution < -0.4 is 16.4 Å². The SMILES string of the molecule is c1ccc(-n2c3ccccc3c3cc4c(cc32)c2ccc3c5c2n4-c2cccc4c2B5c2c(cccc2S4)C3)cc1. The van der Waals surface area contributed by atoms with E-state index in [1.54, 1.807) is 5.46 Å². The Hall–Kier alpha value is -4.67. The van der Waals surface area contributed by atoms with Crippen molar-refractivity contribution in [2.75, 3.05) is 0 Å². The Morgan fingerprint density at radius 3 is 2.15 bits per heavy atom. The van der Waals surface area contributed by atoms with Gasteiger partial charge in [-0.25, -0.2) is 0 Å². The summed E-state index contributed by atoms with van der Waals surface area (Å²) in [5.74, 6) is 0. The second kappa shape index (κ2) is 7.15. The summed E-state index contributed by atoms with van der Waals surface area (Å²) >= 11 is 1.95. The smallest absolute Gasteiger partial charge is 0.250 e. The molecular formula is C37H21BN2S. The molecule has 11 rings (SSSR count). The van der Waals surface area contributed by atoms with Crippen LogP contribution in [0, 0.1) is 0 Å². The number of hydrogen-bond donors (Lipinski definition) is 0. The molecule has 0 unspecified atom stereocenters. The number of rotatable bonds is 1. The number of benzene rings is 6. The molecule has 3 aliphatic rings. The highest BCUT2D eigenvalue weighted by atomic mass is 32.2. The molecule has 0 atom stereocenters. The van der Waals surface area contributed by atoms with Crippen molar-refractivity contribution in [2.24, 2.45) is 0 Å². The summed E-state index contributed by atoms with van der Waals surface area (Å²) in [4.78, 5) is 2.83. The van der Waals surface area contributed by atoms with Crippen LogP contribution in [0.3, 0.4) is 0 Å². The van der Waals surface area contributed by atoms with Crippen molar-refractivity contribution >= 4 is 78.5 Å². The van der Waals surface area contributed by atoms with Gasteiger partial charge in [0, 0.05) is 48.2 Å². The summed E-state index contributed by atoms with van der Waals surface area (Å²) in [6, 6.07) is 43.3. The third-order valence-corrected chi connectivity index (χ3v) is 10.9. The quantitative estimate of drug-likeness (QED) is 0.204. The number of hydrogen-bond acceptors (Lipinski definition) is 1. The molecule has 41 heavy (non-hydrogen) atoms. The van der Waals surface area contributed by atoms with Crippen LogP contribution in [-0.4, -0.2) is 15.8 Å². The predicted octanol–water partition coefficient (Wildman–Crippen LogP) is 7.08. The molecule has 6 aromatic carbocycles. The second-order valence-corrected chi connectivity index (χ2v) is 12.8. The van der Waals surface area contributed by atoms with Gasteiger partial charge in [0.05, 0.1) is 16.6 Å². The van der Waals surface area contributed by atoms with E-state index < -0.39 is 0 Å². The van der Waals surface area contributed by atoms with Gasteiger partial charge in [0.2, 0.25) is 6.71 Å². The van der Waals surface area contributed by atoms with Crippen LogP contribution in [0.25, 0.3) is 55.0 Å². The monoisotopic (exact) mass is 536 g/mol. The maximum atomic E-state index is 2.60. The van der Waals surface area contributed by atoms with E-state index in [9.17, 15) is 0 Å². The highest BCUT2D eigenvalue weighted by molar-refractivity contribution is 8.00. The maximum absolute atomic E-state index is 2.60. The summed E-state index contributed by atoms with van der Waals surface area (Å²) in [5, 5.41) is 5.30. The summed E-state index contributed by atoms with van der Waals surface area (Å²) in [5.41, 5.74) is 15.3. The first-order chi connectivity index (χ1) is 20.3. The lowest BCUT2D eigenvalue weighted by Crippen LogP contribution is -2.62. The molecule has 4 heteroatoms. The number of para-hydroxylation sites is 2. The highest BCUT2D eigenvalue weighted by Crippen LogP contribution is 2.43. The Kier molecular flexibility index (Phi) is 3.68. The molecule has 5 heterocycles. The van der Waals surface area contributed by atoms with Crippen molar-refractivity contribution in [1.29, 1.82) is 0 Å². The lowest BCUT2D eigenvalue weighted by atomic mass is 9.32. The average molecular weight is 536 g/mol. The van der Waals surface area contributed by atoms with Crippen LogP contribution in [-0.2, 0) is 6.42 Å². The molecule has 2 aromatic heterocycles. The fourth-order valence-corrected chi connectivity index (χ4v) is 9.46.